The van der Waals surface area contributed by atoms with Crippen molar-refractivity contribution in [2.45, 2.75) is 45.7 Å². The molecule has 0 aromatic carbocycles. The fraction of sp³-hybridized carbons (Fsp3) is 0.909. The van der Waals surface area contributed by atoms with E-state index in [0.717, 1.165) is 13.0 Å². The van der Waals surface area contributed by atoms with Crippen molar-refractivity contribution in [1.29, 1.82) is 0 Å². The minimum atomic E-state index is -0.862. The molecule has 0 aliphatic heterocycles. The molecule has 0 spiro atoms. The molecule has 0 fully saturated rings. The molecule has 0 aromatic heterocycles. The number of aliphatic carboxylic acids is 1. The van der Waals surface area contributed by atoms with Crippen LogP contribution >= 0.6 is 0 Å². The van der Waals surface area contributed by atoms with Gasteiger partial charge in [-0.25, -0.2) is 0 Å². The first kappa shape index (κ1) is 14.4. The Hall–Kier alpha value is -0.610. The van der Waals surface area contributed by atoms with E-state index in [9.17, 15) is 4.79 Å². The number of nitrogens with zero attached hydrogens (tertiary/aromatic N) is 1. The monoisotopic (exact) mass is 216 g/mol. The predicted octanol–water partition coefficient (Wildman–Crippen LogP) is 1.17. The van der Waals surface area contributed by atoms with Gasteiger partial charge in [0.05, 0.1) is 0 Å². The van der Waals surface area contributed by atoms with Crippen LogP contribution < -0.4 is 5.32 Å². The van der Waals surface area contributed by atoms with Gasteiger partial charge in [0.15, 0.2) is 0 Å². The van der Waals surface area contributed by atoms with Crippen LogP contribution in [0, 0.1) is 0 Å². The second kappa shape index (κ2) is 6.08. The number of likely N-dealkylation sites (N-methyl/N-ethyl adjacent to an activating group) is 2. The first-order chi connectivity index (χ1) is 6.91. The van der Waals surface area contributed by atoms with Crippen molar-refractivity contribution in [3.8, 4) is 0 Å². The molecule has 2 unspecified atom stereocenters. The number of carboxylic acids is 1. The highest BCUT2D eigenvalue weighted by Crippen LogP contribution is 2.11. The summed E-state index contributed by atoms with van der Waals surface area (Å²) in [6.07, 6.45) is 1.03. The summed E-state index contributed by atoms with van der Waals surface area (Å²) in [6.45, 7) is 9.43. The molecule has 0 amide bonds. The average Bonchev–Trinajstić information content (AvgIpc) is 2.24. The van der Waals surface area contributed by atoms with Crippen LogP contribution in [0.5, 0.6) is 0 Å². The molecule has 4 nitrogen and oxygen atoms in total. The average molecular weight is 216 g/mol. The lowest BCUT2D eigenvalue weighted by atomic mass is 10.0. The van der Waals surface area contributed by atoms with Crippen molar-refractivity contribution in [1.82, 2.24) is 10.2 Å². The number of hydrogen-bond donors (Lipinski definition) is 2. The van der Waals surface area contributed by atoms with Gasteiger partial charge in [0, 0.05) is 12.6 Å². The third-order valence-electron chi connectivity index (χ3n) is 3.16. The molecule has 15 heavy (non-hydrogen) atoms. The van der Waals surface area contributed by atoms with Crippen LogP contribution in [0.3, 0.4) is 0 Å². The fourth-order valence-electron chi connectivity index (χ4n) is 1.50. The smallest absolute Gasteiger partial charge is 0.324 e. The van der Waals surface area contributed by atoms with Gasteiger partial charge in [-0.1, -0.05) is 13.8 Å². The molecule has 4 heteroatoms. The van der Waals surface area contributed by atoms with E-state index >= 15 is 0 Å². The Bertz CT molecular complexity index is 209. The summed E-state index contributed by atoms with van der Waals surface area (Å²) in [7, 11) is 1.69. The predicted molar refractivity (Wildman–Crippen MR) is 62.1 cm³/mol. The summed E-state index contributed by atoms with van der Waals surface area (Å²) in [5.41, 5.74) is -0.862. The molecule has 2 atom stereocenters. The van der Waals surface area contributed by atoms with Crippen molar-refractivity contribution in [3.63, 3.8) is 0 Å². The minimum absolute atomic E-state index is 0.419. The molecule has 0 bridgehead atoms. The molecule has 0 aromatic rings. The Kier molecular flexibility index (Phi) is 5.83. The van der Waals surface area contributed by atoms with Crippen molar-refractivity contribution in [2.24, 2.45) is 0 Å². The second-order valence-corrected chi connectivity index (χ2v) is 4.21. The van der Waals surface area contributed by atoms with Crippen LogP contribution in [-0.2, 0) is 4.79 Å². The molecular weight excluding hydrogens is 192 g/mol. The molecular formula is C11H24N2O2. The summed E-state index contributed by atoms with van der Waals surface area (Å²) in [6, 6.07) is 0.419. The highest BCUT2D eigenvalue weighted by atomic mass is 16.4. The van der Waals surface area contributed by atoms with E-state index in [0.29, 0.717) is 12.6 Å². The second-order valence-electron chi connectivity index (χ2n) is 4.21. The molecule has 0 aliphatic rings. The van der Waals surface area contributed by atoms with E-state index in [-0.39, 0.29) is 0 Å². The van der Waals surface area contributed by atoms with Gasteiger partial charge < -0.3 is 10.4 Å². The Morgan fingerprint density at radius 3 is 2.33 bits per heavy atom. The molecule has 0 saturated carbocycles. The zero-order valence-corrected chi connectivity index (χ0v) is 10.5. The van der Waals surface area contributed by atoms with Gasteiger partial charge >= 0.3 is 5.97 Å². The third-order valence-corrected chi connectivity index (χ3v) is 3.16. The number of hydrogen-bond acceptors (Lipinski definition) is 3. The minimum Gasteiger partial charge on any atom is -0.480 e. The van der Waals surface area contributed by atoms with Crippen LogP contribution in [0.2, 0.25) is 0 Å². The van der Waals surface area contributed by atoms with E-state index in [1.54, 1.807) is 14.0 Å². The van der Waals surface area contributed by atoms with E-state index < -0.39 is 11.5 Å². The van der Waals surface area contributed by atoms with Gasteiger partial charge in [0.2, 0.25) is 0 Å². The van der Waals surface area contributed by atoms with E-state index in [1.165, 1.54) is 0 Å². The van der Waals surface area contributed by atoms with Crippen LogP contribution in [0.25, 0.3) is 0 Å². The number of nitrogens with one attached hydrogen (secondary N) is 1. The van der Waals surface area contributed by atoms with Crippen LogP contribution in [0.15, 0.2) is 0 Å². The quantitative estimate of drug-likeness (QED) is 0.671. The lowest BCUT2D eigenvalue weighted by Crippen LogP contribution is -2.56. The SMILES string of the molecule is CCC(C)N(CC)CC(C)(NC)C(=O)O. The summed E-state index contributed by atoms with van der Waals surface area (Å²) < 4.78 is 0. The highest BCUT2D eigenvalue weighted by molar-refractivity contribution is 5.78. The number of carbonyl (C=O) groups is 1. The zero-order valence-electron chi connectivity index (χ0n) is 10.5. The maximum atomic E-state index is 11.1. The van der Waals surface area contributed by atoms with Crippen LogP contribution in [0.1, 0.15) is 34.1 Å². The maximum absolute atomic E-state index is 11.1. The Morgan fingerprint density at radius 2 is 2.07 bits per heavy atom. The topological polar surface area (TPSA) is 52.6 Å². The van der Waals surface area contributed by atoms with E-state index in [1.807, 2.05) is 0 Å². The van der Waals surface area contributed by atoms with E-state index in [2.05, 4.69) is 31.0 Å². The van der Waals surface area contributed by atoms with Crippen LogP contribution in [-0.4, -0.2) is 47.7 Å². The maximum Gasteiger partial charge on any atom is 0.324 e. The summed E-state index contributed by atoms with van der Waals surface area (Å²) in [4.78, 5) is 13.3. The first-order valence-corrected chi connectivity index (χ1v) is 5.57. The van der Waals surface area contributed by atoms with Crippen molar-refractivity contribution < 1.29 is 9.90 Å². The standard InChI is InChI=1S/C11H24N2O2/c1-6-9(3)13(7-2)8-11(4,12-5)10(14)15/h9,12H,6-8H2,1-5H3,(H,14,15). The van der Waals surface area contributed by atoms with Gasteiger partial charge in [-0.15, -0.1) is 0 Å². The summed E-state index contributed by atoms with van der Waals surface area (Å²) >= 11 is 0. The lowest BCUT2D eigenvalue weighted by molar-refractivity contribution is -0.145. The van der Waals surface area contributed by atoms with Gasteiger partial charge in [0.1, 0.15) is 5.54 Å². The Morgan fingerprint density at radius 1 is 1.53 bits per heavy atom. The van der Waals surface area contributed by atoms with E-state index in [4.69, 9.17) is 5.11 Å². The molecule has 0 aliphatic carbocycles. The third kappa shape index (κ3) is 3.80. The fourth-order valence-corrected chi connectivity index (χ4v) is 1.50. The van der Waals surface area contributed by atoms with Crippen molar-refractivity contribution >= 4 is 5.97 Å². The normalized spacial score (nSPS) is 17.5. The van der Waals surface area contributed by atoms with Gasteiger partial charge in [-0.05, 0) is 33.9 Å². The Labute approximate surface area is 92.7 Å². The van der Waals surface area contributed by atoms with Crippen molar-refractivity contribution in [2.75, 3.05) is 20.1 Å². The summed E-state index contributed by atoms with van der Waals surface area (Å²) in [5.74, 6) is -0.799. The van der Waals surface area contributed by atoms with Gasteiger partial charge in [0.25, 0.3) is 0 Å². The molecule has 0 radical (unpaired) electrons. The molecule has 0 saturated heterocycles. The van der Waals surface area contributed by atoms with Gasteiger partial charge in [-0.3, -0.25) is 9.69 Å². The zero-order chi connectivity index (χ0) is 12.1. The molecule has 0 heterocycles. The van der Waals surface area contributed by atoms with Crippen molar-refractivity contribution in [3.05, 3.63) is 0 Å². The summed E-state index contributed by atoms with van der Waals surface area (Å²) in [5, 5.41) is 12.0. The first-order valence-electron chi connectivity index (χ1n) is 5.57. The lowest BCUT2D eigenvalue weighted by Gasteiger charge is -2.34. The largest absolute Gasteiger partial charge is 0.480 e. The number of carboxylic acid groups (broad SMARTS) is 1. The highest BCUT2D eigenvalue weighted by Gasteiger charge is 2.33. The van der Waals surface area contributed by atoms with Gasteiger partial charge in [-0.2, -0.15) is 0 Å². The number of rotatable bonds is 7. The Balaban J connectivity index is 4.57. The molecule has 90 valence electrons. The molecule has 2 N–H and O–H groups in total. The van der Waals surface area contributed by atoms with Crippen LogP contribution in [0.4, 0.5) is 0 Å². The molecule has 0 rings (SSSR count).